The fourth-order valence-electron chi connectivity index (χ4n) is 1.67. The third-order valence-corrected chi connectivity index (χ3v) is 3.60. The summed E-state index contributed by atoms with van der Waals surface area (Å²) < 4.78 is 13.1. The number of benzene rings is 2. The van der Waals surface area contributed by atoms with E-state index in [-0.39, 0.29) is 11.6 Å². The van der Waals surface area contributed by atoms with Crippen LogP contribution in [-0.2, 0) is 0 Å². The number of carbonyl (C=O) groups is 1. The van der Waals surface area contributed by atoms with E-state index in [1.54, 1.807) is 6.07 Å². The van der Waals surface area contributed by atoms with Crippen LogP contribution in [0.4, 0.5) is 4.39 Å². The zero-order valence-electron chi connectivity index (χ0n) is 10.2. The molecule has 1 nitrogen and oxygen atoms in total. The van der Waals surface area contributed by atoms with Crippen LogP contribution in [0, 0.1) is 12.7 Å². The molecule has 0 amide bonds. The van der Waals surface area contributed by atoms with Crippen molar-refractivity contribution in [3.05, 3.63) is 59.4 Å². The number of aryl methyl sites for hydroxylation is 1. The van der Waals surface area contributed by atoms with E-state index in [1.807, 2.05) is 31.2 Å². The molecule has 0 unspecified atom stereocenters. The largest absolute Gasteiger partial charge is 0.294 e. The average Bonchev–Trinajstić information content (AvgIpc) is 2.31. The van der Waals surface area contributed by atoms with Gasteiger partial charge in [-0.2, -0.15) is 0 Å². The lowest BCUT2D eigenvalue weighted by molar-refractivity contribution is 0.101. The lowest BCUT2D eigenvalue weighted by atomic mass is 10.1. The second kappa shape index (κ2) is 5.36. The Labute approximate surface area is 110 Å². The Morgan fingerprint density at radius 2 is 1.94 bits per heavy atom. The van der Waals surface area contributed by atoms with E-state index in [0.717, 1.165) is 15.4 Å². The van der Waals surface area contributed by atoms with Crippen molar-refractivity contribution in [3.63, 3.8) is 0 Å². The zero-order valence-corrected chi connectivity index (χ0v) is 11.1. The summed E-state index contributed by atoms with van der Waals surface area (Å²) in [6.45, 7) is 3.47. The summed E-state index contributed by atoms with van der Waals surface area (Å²) in [5.74, 6) is -0.501. The van der Waals surface area contributed by atoms with Crippen molar-refractivity contribution in [2.24, 2.45) is 0 Å². The number of carbonyl (C=O) groups excluding carboxylic acids is 1. The summed E-state index contributed by atoms with van der Waals surface area (Å²) in [7, 11) is 0. The van der Waals surface area contributed by atoms with Gasteiger partial charge in [0.25, 0.3) is 0 Å². The molecule has 2 aromatic rings. The summed E-state index contributed by atoms with van der Waals surface area (Å²) in [4.78, 5) is 13.3. The van der Waals surface area contributed by atoms with E-state index in [9.17, 15) is 9.18 Å². The molecule has 0 bridgehead atoms. The summed E-state index contributed by atoms with van der Waals surface area (Å²) in [5.41, 5.74) is 1.59. The van der Waals surface area contributed by atoms with Crippen molar-refractivity contribution in [1.82, 2.24) is 0 Å². The van der Waals surface area contributed by atoms with E-state index in [0.29, 0.717) is 5.56 Å². The van der Waals surface area contributed by atoms with Gasteiger partial charge in [0.05, 0.1) is 0 Å². The summed E-state index contributed by atoms with van der Waals surface area (Å²) in [6.07, 6.45) is 0. The molecule has 0 heterocycles. The first-order chi connectivity index (χ1) is 8.56. The molecule has 0 saturated heterocycles. The number of hydrogen-bond acceptors (Lipinski definition) is 2. The Hall–Kier alpha value is -1.61. The molecule has 0 aliphatic rings. The molecule has 0 N–H and O–H groups in total. The van der Waals surface area contributed by atoms with Crippen LogP contribution >= 0.6 is 11.8 Å². The van der Waals surface area contributed by atoms with Gasteiger partial charge in [-0.25, -0.2) is 4.39 Å². The Bertz CT molecular complexity index is 593. The summed E-state index contributed by atoms with van der Waals surface area (Å²) in [5, 5.41) is 0. The first-order valence-corrected chi connectivity index (χ1v) is 6.43. The van der Waals surface area contributed by atoms with Gasteiger partial charge in [0, 0.05) is 15.4 Å². The van der Waals surface area contributed by atoms with Crippen LogP contribution in [0.15, 0.2) is 52.3 Å². The standard InChI is InChI=1S/C15H13FOS/c1-10-4-3-5-13(8-10)18-15-7-6-12(16)9-14(15)11(2)17/h3-9H,1-2H3. The lowest BCUT2D eigenvalue weighted by Crippen LogP contribution is -1.96. The fourth-order valence-corrected chi connectivity index (χ4v) is 2.77. The number of rotatable bonds is 3. The minimum absolute atomic E-state index is 0.121. The Morgan fingerprint density at radius 3 is 2.61 bits per heavy atom. The van der Waals surface area contributed by atoms with Crippen molar-refractivity contribution in [1.29, 1.82) is 0 Å². The molecule has 0 saturated carbocycles. The lowest BCUT2D eigenvalue weighted by Gasteiger charge is -2.07. The van der Waals surface area contributed by atoms with E-state index in [2.05, 4.69) is 0 Å². The molecule has 0 spiro atoms. The van der Waals surface area contributed by atoms with Gasteiger partial charge in [-0.3, -0.25) is 4.79 Å². The molecular weight excluding hydrogens is 247 g/mol. The highest BCUT2D eigenvalue weighted by atomic mass is 32.2. The van der Waals surface area contributed by atoms with Crippen LogP contribution in [0.25, 0.3) is 0 Å². The van der Waals surface area contributed by atoms with Gasteiger partial charge in [-0.15, -0.1) is 0 Å². The normalized spacial score (nSPS) is 10.4. The molecule has 2 aromatic carbocycles. The van der Waals surface area contributed by atoms with Gasteiger partial charge < -0.3 is 0 Å². The SMILES string of the molecule is CC(=O)c1cc(F)ccc1Sc1cccc(C)c1. The monoisotopic (exact) mass is 260 g/mol. The zero-order chi connectivity index (χ0) is 13.1. The molecule has 2 rings (SSSR count). The van der Waals surface area contributed by atoms with E-state index in [1.165, 1.54) is 30.8 Å². The average molecular weight is 260 g/mol. The van der Waals surface area contributed by atoms with Crippen molar-refractivity contribution in [3.8, 4) is 0 Å². The third kappa shape index (κ3) is 2.99. The minimum Gasteiger partial charge on any atom is -0.294 e. The second-order valence-electron chi connectivity index (χ2n) is 4.12. The Kier molecular flexibility index (Phi) is 3.82. The topological polar surface area (TPSA) is 17.1 Å². The molecule has 0 aliphatic heterocycles. The molecule has 0 aromatic heterocycles. The third-order valence-electron chi connectivity index (χ3n) is 2.54. The van der Waals surface area contributed by atoms with E-state index >= 15 is 0 Å². The van der Waals surface area contributed by atoms with Crippen LogP contribution in [-0.4, -0.2) is 5.78 Å². The fraction of sp³-hybridized carbons (Fsp3) is 0.133. The van der Waals surface area contributed by atoms with Crippen molar-refractivity contribution in [2.45, 2.75) is 23.6 Å². The van der Waals surface area contributed by atoms with Crippen LogP contribution < -0.4 is 0 Å². The highest BCUT2D eigenvalue weighted by Crippen LogP contribution is 2.31. The minimum atomic E-state index is -0.381. The molecule has 0 aliphatic carbocycles. The quantitative estimate of drug-likeness (QED) is 0.756. The summed E-state index contributed by atoms with van der Waals surface area (Å²) in [6, 6.07) is 12.3. The predicted octanol–water partition coefficient (Wildman–Crippen LogP) is 4.49. The van der Waals surface area contributed by atoms with Crippen LogP contribution in [0.3, 0.4) is 0 Å². The second-order valence-corrected chi connectivity index (χ2v) is 5.23. The highest BCUT2D eigenvalue weighted by Gasteiger charge is 2.10. The maximum atomic E-state index is 13.1. The van der Waals surface area contributed by atoms with Gasteiger partial charge in [0.15, 0.2) is 5.78 Å². The van der Waals surface area contributed by atoms with Gasteiger partial charge in [-0.1, -0.05) is 29.5 Å². The number of hydrogen-bond donors (Lipinski definition) is 0. The smallest absolute Gasteiger partial charge is 0.161 e. The van der Waals surface area contributed by atoms with Gasteiger partial charge in [-0.05, 0) is 44.2 Å². The van der Waals surface area contributed by atoms with Crippen molar-refractivity contribution >= 4 is 17.5 Å². The number of Topliss-reactive ketones (excluding diaryl/α,β-unsaturated/α-hetero) is 1. The maximum Gasteiger partial charge on any atom is 0.161 e. The van der Waals surface area contributed by atoms with E-state index in [4.69, 9.17) is 0 Å². The maximum absolute atomic E-state index is 13.1. The first-order valence-electron chi connectivity index (χ1n) is 5.61. The van der Waals surface area contributed by atoms with Crippen molar-refractivity contribution < 1.29 is 9.18 Å². The Balaban J connectivity index is 2.37. The van der Waals surface area contributed by atoms with Crippen molar-refractivity contribution in [2.75, 3.05) is 0 Å². The first kappa shape index (κ1) is 12.8. The van der Waals surface area contributed by atoms with Crippen LogP contribution in [0.1, 0.15) is 22.8 Å². The molecular formula is C15H13FOS. The molecule has 3 heteroatoms. The molecule has 92 valence electrons. The van der Waals surface area contributed by atoms with E-state index < -0.39 is 0 Å². The number of ketones is 1. The molecule has 0 fully saturated rings. The van der Waals surface area contributed by atoms with Crippen LogP contribution in [0.5, 0.6) is 0 Å². The van der Waals surface area contributed by atoms with Gasteiger partial charge in [0.2, 0.25) is 0 Å². The molecule has 18 heavy (non-hydrogen) atoms. The van der Waals surface area contributed by atoms with Gasteiger partial charge >= 0.3 is 0 Å². The van der Waals surface area contributed by atoms with Gasteiger partial charge in [0.1, 0.15) is 5.82 Å². The number of halogens is 1. The Morgan fingerprint density at radius 1 is 1.17 bits per heavy atom. The van der Waals surface area contributed by atoms with Crippen LogP contribution in [0.2, 0.25) is 0 Å². The summed E-state index contributed by atoms with van der Waals surface area (Å²) >= 11 is 1.48. The predicted molar refractivity (Wildman–Crippen MR) is 71.7 cm³/mol. The molecule has 0 atom stereocenters. The molecule has 0 radical (unpaired) electrons. The highest BCUT2D eigenvalue weighted by molar-refractivity contribution is 7.99.